The van der Waals surface area contributed by atoms with Gasteiger partial charge in [0.05, 0.1) is 4.47 Å². The van der Waals surface area contributed by atoms with Crippen LogP contribution in [0.25, 0.3) is 10.9 Å². The first kappa shape index (κ1) is 21.6. The van der Waals surface area contributed by atoms with E-state index in [4.69, 9.17) is 4.74 Å². The van der Waals surface area contributed by atoms with Gasteiger partial charge in [-0.25, -0.2) is 0 Å². The van der Waals surface area contributed by atoms with Gasteiger partial charge >= 0.3 is 0 Å². The van der Waals surface area contributed by atoms with Gasteiger partial charge < -0.3 is 15.0 Å². The van der Waals surface area contributed by atoms with E-state index in [1.54, 1.807) is 6.20 Å². The Kier molecular flexibility index (Phi) is 7.14. The summed E-state index contributed by atoms with van der Waals surface area (Å²) in [7, 11) is 0. The fraction of sp³-hybridized carbons (Fsp3) is 0.273. The largest absolute Gasteiger partial charge is 0.480 e. The number of amides is 1. The smallest absolute Gasteiger partial charge is 0.262 e. The Hall–Kier alpha value is -2.12. The molecule has 0 atom stereocenters. The molecule has 0 spiro atoms. The van der Waals surface area contributed by atoms with Crippen molar-refractivity contribution in [3.8, 4) is 5.75 Å². The van der Waals surface area contributed by atoms with Crippen molar-refractivity contribution in [3.63, 3.8) is 0 Å². The van der Waals surface area contributed by atoms with Gasteiger partial charge in [-0.2, -0.15) is 0 Å². The highest BCUT2D eigenvalue weighted by atomic mass is 79.9. The molecule has 0 saturated carbocycles. The van der Waals surface area contributed by atoms with Crippen LogP contribution in [-0.4, -0.2) is 30.1 Å². The van der Waals surface area contributed by atoms with Crippen LogP contribution in [0.3, 0.4) is 0 Å². The van der Waals surface area contributed by atoms with Crippen molar-refractivity contribution in [2.45, 2.75) is 26.8 Å². The number of ether oxygens (including phenoxy) is 1. The van der Waals surface area contributed by atoms with Crippen LogP contribution in [0, 0.1) is 0 Å². The number of rotatable bonds is 7. The predicted octanol–water partition coefficient (Wildman–Crippen LogP) is 6.01. The fourth-order valence-corrected chi connectivity index (χ4v) is 4.59. The van der Waals surface area contributed by atoms with E-state index in [0.717, 1.165) is 32.3 Å². The van der Waals surface area contributed by atoms with Crippen molar-refractivity contribution in [2.75, 3.05) is 23.4 Å². The molecule has 0 aliphatic rings. The first-order chi connectivity index (χ1) is 13.9. The van der Waals surface area contributed by atoms with Crippen LogP contribution in [0.5, 0.6) is 5.75 Å². The number of benzene rings is 2. The average Bonchev–Trinajstić information content (AvgIpc) is 2.69. The standard InChI is InChI=1S/C22H23Br2N3O2/c1-4-27(14(2)3)16-9-7-15(8-10-16)26-20(28)13-29-22-19(24)12-18(23)17-6-5-11-25-21(17)22/h5-12,14H,4,13H2,1-3H3,(H,26,28). The number of nitrogens with zero attached hydrogens (tertiary/aromatic N) is 2. The highest BCUT2D eigenvalue weighted by molar-refractivity contribution is 9.11. The maximum Gasteiger partial charge on any atom is 0.262 e. The van der Waals surface area contributed by atoms with Crippen LogP contribution in [0.2, 0.25) is 0 Å². The molecule has 0 saturated heterocycles. The molecule has 0 aliphatic heterocycles. The summed E-state index contributed by atoms with van der Waals surface area (Å²) < 4.78 is 7.45. The lowest BCUT2D eigenvalue weighted by molar-refractivity contribution is -0.118. The normalized spacial score (nSPS) is 11.0. The summed E-state index contributed by atoms with van der Waals surface area (Å²) in [6.07, 6.45) is 1.70. The molecule has 1 N–H and O–H groups in total. The van der Waals surface area contributed by atoms with Gasteiger partial charge in [-0.1, -0.05) is 22.0 Å². The summed E-state index contributed by atoms with van der Waals surface area (Å²) in [4.78, 5) is 19.1. The molecule has 0 aliphatic carbocycles. The van der Waals surface area contributed by atoms with E-state index in [-0.39, 0.29) is 12.5 Å². The van der Waals surface area contributed by atoms with Crippen LogP contribution in [0.1, 0.15) is 20.8 Å². The van der Waals surface area contributed by atoms with E-state index in [2.05, 4.69) is 67.8 Å². The topological polar surface area (TPSA) is 54.5 Å². The highest BCUT2D eigenvalue weighted by Crippen LogP contribution is 2.37. The Labute approximate surface area is 187 Å². The maximum absolute atomic E-state index is 12.4. The van der Waals surface area contributed by atoms with Gasteiger partial charge in [0.25, 0.3) is 5.91 Å². The number of hydrogen-bond donors (Lipinski definition) is 1. The van der Waals surface area contributed by atoms with E-state index in [0.29, 0.717) is 17.3 Å². The zero-order valence-electron chi connectivity index (χ0n) is 16.6. The first-order valence-corrected chi connectivity index (χ1v) is 11.0. The molecule has 1 aromatic heterocycles. The van der Waals surface area contributed by atoms with E-state index in [1.165, 1.54) is 0 Å². The summed E-state index contributed by atoms with van der Waals surface area (Å²) in [5.74, 6) is 0.317. The van der Waals surface area contributed by atoms with Crippen molar-refractivity contribution < 1.29 is 9.53 Å². The van der Waals surface area contributed by atoms with Gasteiger partial charge in [0.2, 0.25) is 0 Å². The Morgan fingerprint density at radius 1 is 1.17 bits per heavy atom. The summed E-state index contributed by atoms with van der Waals surface area (Å²) in [6, 6.07) is 14.0. The Morgan fingerprint density at radius 3 is 2.55 bits per heavy atom. The minimum absolute atomic E-state index is 0.110. The summed E-state index contributed by atoms with van der Waals surface area (Å²) >= 11 is 7.02. The van der Waals surface area contributed by atoms with Crippen LogP contribution < -0.4 is 15.0 Å². The van der Waals surface area contributed by atoms with Gasteiger partial charge in [-0.15, -0.1) is 0 Å². The molecule has 3 aromatic rings. The van der Waals surface area contributed by atoms with Crippen LogP contribution in [-0.2, 0) is 4.79 Å². The Morgan fingerprint density at radius 2 is 1.90 bits per heavy atom. The molecule has 0 fully saturated rings. The first-order valence-electron chi connectivity index (χ1n) is 9.42. The summed E-state index contributed by atoms with van der Waals surface area (Å²) in [5.41, 5.74) is 2.56. The van der Waals surface area contributed by atoms with Crippen LogP contribution in [0.4, 0.5) is 11.4 Å². The SMILES string of the molecule is CCN(c1ccc(NC(=O)COc2c(Br)cc(Br)c3cccnc23)cc1)C(C)C. The van der Waals surface area contributed by atoms with Crippen molar-refractivity contribution in [2.24, 2.45) is 0 Å². The molecule has 0 bridgehead atoms. The second kappa shape index (κ2) is 9.59. The predicted molar refractivity (Wildman–Crippen MR) is 126 cm³/mol. The van der Waals surface area contributed by atoms with E-state index < -0.39 is 0 Å². The third-order valence-corrected chi connectivity index (χ3v) is 5.79. The zero-order valence-corrected chi connectivity index (χ0v) is 19.7. The number of pyridine rings is 1. The van der Waals surface area contributed by atoms with Crippen molar-refractivity contribution >= 4 is 60.0 Å². The number of carbonyl (C=O) groups is 1. The lowest BCUT2D eigenvalue weighted by atomic mass is 10.2. The number of aromatic nitrogens is 1. The molecule has 5 nitrogen and oxygen atoms in total. The quantitative estimate of drug-likeness (QED) is 0.414. The molecular weight excluding hydrogens is 498 g/mol. The number of carbonyl (C=O) groups excluding carboxylic acids is 1. The van der Waals surface area contributed by atoms with Gasteiger partial charge in [0, 0.05) is 40.0 Å². The third-order valence-electron chi connectivity index (χ3n) is 4.54. The molecule has 1 heterocycles. The highest BCUT2D eigenvalue weighted by Gasteiger charge is 2.14. The number of halogens is 2. The Balaban J connectivity index is 1.67. The average molecular weight is 521 g/mol. The van der Waals surface area contributed by atoms with Crippen molar-refractivity contribution in [1.82, 2.24) is 4.98 Å². The lowest BCUT2D eigenvalue weighted by Gasteiger charge is -2.27. The molecule has 0 radical (unpaired) electrons. The Bertz CT molecular complexity index is 1010. The molecular formula is C22H23Br2N3O2. The molecule has 0 unspecified atom stereocenters. The van der Waals surface area contributed by atoms with Crippen LogP contribution >= 0.6 is 31.9 Å². The summed E-state index contributed by atoms with van der Waals surface area (Å²) in [5, 5.41) is 3.80. The number of anilines is 2. The van der Waals surface area contributed by atoms with E-state index in [9.17, 15) is 4.79 Å². The molecule has 7 heteroatoms. The monoisotopic (exact) mass is 519 g/mol. The number of fused-ring (bicyclic) bond motifs is 1. The fourth-order valence-electron chi connectivity index (χ4n) is 3.20. The van der Waals surface area contributed by atoms with Gasteiger partial charge in [-0.3, -0.25) is 9.78 Å². The van der Waals surface area contributed by atoms with Gasteiger partial charge in [-0.05, 0) is 73.1 Å². The second-order valence-corrected chi connectivity index (χ2v) is 8.54. The molecule has 152 valence electrons. The molecule has 1 amide bonds. The van der Waals surface area contributed by atoms with Gasteiger partial charge in [0.1, 0.15) is 5.52 Å². The third kappa shape index (κ3) is 5.08. The minimum Gasteiger partial charge on any atom is -0.480 e. The van der Waals surface area contributed by atoms with E-state index in [1.807, 2.05) is 42.5 Å². The van der Waals surface area contributed by atoms with Gasteiger partial charge in [0.15, 0.2) is 12.4 Å². The van der Waals surface area contributed by atoms with Crippen molar-refractivity contribution in [3.05, 3.63) is 57.6 Å². The van der Waals surface area contributed by atoms with Crippen molar-refractivity contribution in [1.29, 1.82) is 0 Å². The minimum atomic E-state index is -0.229. The maximum atomic E-state index is 12.4. The molecule has 2 aromatic carbocycles. The molecule has 3 rings (SSSR count). The van der Waals surface area contributed by atoms with Crippen LogP contribution in [0.15, 0.2) is 57.6 Å². The lowest BCUT2D eigenvalue weighted by Crippen LogP contribution is -2.30. The number of hydrogen-bond acceptors (Lipinski definition) is 4. The van der Waals surface area contributed by atoms with E-state index >= 15 is 0 Å². The summed E-state index contributed by atoms with van der Waals surface area (Å²) in [6.45, 7) is 7.28. The number of nitrogens with one attached hydrogen (secondary N) is 1. The molecule has 29 heavy (non-hydrogen) atoms. The second-order valence-electron chi connectivity index (χ2n) is 6.83. The zero-order chi connectivity index (χ0) is 21.0.